The van der Waals surface area contributed by atoms with Crippen molar-refractivity contribution >= 4 is 32.7 Å². The first-order valence-corrected chi connectivity index (χ1v) is 7.76. The lowest BCUT2D eigenvalue weighted by atomic mass is 10.0. The molecule has 2 aromatic rings. The Morgan fingerprint density at radius 2 is 2.00 bits per heavy atom. The zero-order chi connectivity index (χ0) is 14.1. The minimum absolute atomic E-state index is 0.696. The van der Waals surface area contributed by atoms with Gasteiger partial charge in [0.2, 0.25) is 0 Å². The summed E-state index contributed by atoms with van der Waals surface area (Å²) in [5.41, 5.74) is 3.16. The van der Waals surface area contributed by atoms with Crippen LogP contribution in [-0.2, 0) is 0 Å². The van der Waals surface area contributed by atoms with Crippen LogP contribution in [0.15, 0.2) is 29.0 Å². The summed E-state index contributed by atoms with van der Waals surface area (Å²) in [4.78, 5) is 13.7. The van der Waals surface area contributed by atoms with Crippen molar-refractivity contribution in [2.24, 2.45) is 0 Å². The number of rotatable bonds is 2. The number of halogens is 1. The van der Waals surface area contributed by atoms with E-state index in [0.717, 1.165) is 28.6 Å². The van der Waals surface area contributed by atoms with Crippen molar-refractivity contribution in [3.8, 4) is 0 Å². The van der Waals surface area contributed by atoms with Crippen molar-refractivity contribution in [2.45, 2.75) is 18.9 Å². The Morgan fingerprint density at radius 3 is 2.70 bits per heavy atom. The van der Waals surface area contributed by atoms with Gasteiger partial charge in [-0.2, -0.15) is 0 Å². The summed E-state index contributed by atoms with van der Waals surface area (Å²) in [5, 5.41) is 0. The highest BCUT2D eigenvalue weighted by molar-refractivity contribution is 9.10. The van der Waals surface area contributed by atoms with Gasteiger partial charge in [0.15, 0.2) is 0 Å². The summed E-state index contributed by atoms with van der Waals surface area (Å²) in [7, 11) is 4.34. The Balaban J connectivity index is 1.88. The molecule has 3 rings (SSSR count). The SMILES string of the molecule is CN(C)C1CCN(c2ccnc3cc(Br)cnc23)CC1. The first kappa shape index (κ1) is 13.8. The minimum Gasteiger partial charge on any atom is -0.370 e. The molecule has 0 unspecified atom stereocenters. The van der Waals surface area contributed by atoms with Gasteiger partial charge >= 0.3 is 0 Å². The highest BCUT2D eigenvalue weighted by Gasteiger charge is 2.22. The smallest absolute Gasteiger partial charge is 0.112 e. The first-order chi connectivity index (χ1) is 9.65. The van der Waals surface area contributed by atoms with Gasteiger partial charge in [-0.25, -0.2) is 0 Å². The van der Waals surface area contributed by atoms with Crippen LogP contribution >= 0.6 is 15.9 Å². The van der Waals surface area contributed by atoms with Crippen molar-refractivity contribution in [2.75, 3.05) is 32.1 Å². The molecule has 3 heterocycles. The minimum atomic E-state index is 0.696. The van der Waals surface area contributed by atoms with E-state index in [1.165, 1.54) is 18.5 Å². The fourth-order valence-electron chi connectivity index (χ4n) is 2.87. The van der Waals surface area contributed by atoms with Gasteiger partial charge < -0.3 is 9.80 Å². The monoisotopic (exact) mass is 334 g/mol. The van der Waals surface area contributed by atoms with Gasteiger partial charge in [-0.1, -0.05) is 0 Å². The van der Waals surface area contributed by atoms with Gasteiger partial charge in [0.25, 0.3) is 0 Å². The Kier molecular flexibility index (Phi) is 3.89. The lowest BCUT2D eigenvalue weighted by Gasteiger charge is -2.36. The van der Waals surface area contributed by atoms with Crippen molar-refractivity contribution in [3.63, 3.8) is 0 Å². The second kappa shape index (κ2) is 5.66. The van der Waals surface area contributed by atoms with Crippen molar-refractivity contribution in [3.05, 3.63) is 29.0 Å². The number of nitrogens with zero attached hydrogens (tertiary/aromatic N) is 4. The molecule has 4 nitrogen and oxygen atoms in total. The molecule has 0 spiro atoms. The predicted octanol–water partition coefficient (Wildman–Crippen LogP) is 2.92. The standard InChI is InChI=1S/C15H19BrN4/c1-19(2)12-4-7-20(8-5-12)14-3-6-17-13-9-11(16)10-18-15(13)14/h3,6,9-10,12H,4-5,7-8H2,1-2H3. The van der Waals surface area contributed by atoms with E-state index in [9.17, 15) is 0 Å². The third kappa shape index (κ3) is 2.65. The number of aromatic nitrogens is 2. The van der Waals surface area contributed by atoms with Crippen molar-refractivity contribution in [1.82, 2.24) is 14.9 Å². The molecule has 0 radical (unpaired) electrons. The fourth-order valence-corrected chi connectivity index (χ4v) is 3.19. The Morgan fingerprint density at radius 1 is 1.25 bits per heavy atom. The molecule has 0 N–H and O–H groups in total. The molecule has 0 aromatic carbocycles. The van der Waals surface area contributed by atoms with Crippen LogP contribution in [0, 0.1) is 0 Å². The molecule has 0 atom stereocenters. The Hall–Kier alpha value is -1.20. The van der Waals surface area contributed by atoms with E-state index < -0.39 is 0 Å². The summed E-state index contributed by atoms with van der Waals surface area (Å²) in [6, 6.07) is 4.80. The molecule has 0 aliphatic carbocycles. The molecule has 0 saturated carbocycles. The van der Waals surface area contributed by atoms with Gasteiger partial charge in [-0.15, -0.1) is 0 Å². The summed E-state index contributed by atoms with van der Waals surface area (Å²) in [6.45, 7) is 2.17. The van der Waals surface area contributed by atoms with Crippen LogP contribution in [0.25, 0.3) is 11.0 Å². The van der Waals surface area contributed by atoms with E-state index in [-0.39, 0.29) is 0 Å². The van der Waals surface area contributed by atoms with Crippen LogP contribution in [0.5, 0.6) is 0 Å². The molecule has 2 aromatic heterocycles. The third-order valence-electron chi connectivity index (χ3n) is 4.06. The average molecular weight is 335 g/mol. The number of anilines is 1. The molecular weight excluding hydrogens is 316 g/mol. The van der Waals surface area contributed by atoms with Crippen LogP contribution in [0.1, 0.15) is 12.8 Å². The third-order valence-corrected chi connectivity index (χ3v) is 4.49. The molecule has 0 bridgehead atoms. The lowest BCUT2D eigenvalue weighted by Crippen LogP contribution is -2.42. The topological polar surface area (TPSA) is 32.3 Å². The molecular formula is C15H19BrN4. The van der Waals surface area contributed by atoms with Gasteiger partial charge in [-0.05, 0) is 55.0 Å². The van der Waals surface area contributed by atoms with E-state index in [2.05, 4.69) is 55.9 Å². The highest BCUT2D eigenvalue weighted by atomic mass is 79.9. The second-order valence-corrected chi connectivity index (χ2v) is 6.45. The second-order valence-electron chi connectivity index (χ2n) is 5.53. The van der Waals surface area contributed by atoms with Gasteiger partial charge in [0.05, 0.1) is 11.2 Å². The normalized spacial score (nSPS) is 17.1. The number of piperidine rings is 1. The van der Waals surface area contributed by atoms with E-state index in [1.807, 2.05) is 18.5 Å². The van der Waals surface area contributed by atoms with Crippen LogP contribution < -0.4 is 4.90 Å². The zero-order valence-electron chi connectivity index (χ0n) is 11.9. The maximum atomic E-state index is 4.55. The number of hydrogen-bond donors (Lipinski definition) is 0. The van der Waals surface area contributed by atoms with Crippen LogP contribution in [0.2, 0.25) is 0 Å². The maximum absolute atomic E-state index is 4.55. The van der Waals surface area contributed by atoms with E-state index in [4.69, 9.17) is 0 Å². The average Bonchev–Trinajstić information content (AvgIpc) is 2.46. The summed E-state index contributed by atoms with van der Waals surface area (Å²) in [5.74, 6) is 0. The predicted molar refractivity (Wildman–Crippen MR) is 86.2 cm³/mol. The zero-order valence-corrected chi connectivity index (χ0v) is 13.5. The molecule has 1 aliphatic heterocycles. The molecule has 20 heavy (non-hydrogen) atoms. The lowest BCUT2D eigenvalue weighted by molar-refractivity contribution is 0.250. The van der Waals surface area contributed by atoms with Crippen LogP contribution in [0.4, 0.5) is 5.69 Å². The molecule has 5 heteroatoms. The molecule has 1 aliphatic rings. The van der Waals surface area contributed by atoms with E-state index in [1.54, 1.807) is 0 Å². The summed E-state index contributed by atoms with van der Waals surface area (Å²) in [6.07, 6.45) is 6.13. The van der Waals surface area contributed by atoms with Gasteiger partial charge in [0, 0.05) is 36.0 Å². The van der Waals surface area contributed by atoms with Crippen LogP contribution in [0.3, 0.4) is 0 Å². The molecule has 106 valence electrons. The number of pyridine rings is 2. The molecule has 1 fully saturated rings. The van der Waals surface area contributed by atoms with Crippen LogP contribution in [-0.4, -0.2) is 48.1 Å². The quantitative estimate of drug-likeness (QED) is 0.845. The summed E-state index contributed by atoms with van der Waals surface area (Å²) >= 11 is 3.46. The van der Waals surface area contributed by atoms with Gasteiger partial charge in [-0.3, -0.25) is 9.97 Å². The number of hydrogen-bond acceptors (Lipinski definition) is 4. The van der Waals surface area contributed by atoms with E-state index in [0.29, 0.717) is 6.04 Å². The Labute approximate surface area is 127 Å². The first-order valence-electron chi connectivity index (χ1n) is 6.97. The van der Waals surface area contributed by atoms with Gasteiger partial charge in [0.1, 0.15) is 5.52 Å². The largest absolute Gasteiger partial charge is 0.370 e. The molecule has 0 amide bonds. The van der Waals surface area contributed by atoms with Crippen molar-refractivity contribution in [1.29, 1.82) is 0 Å². The number of fused-ring (bicyclic) bond motifs is 1. The molecule has 1 saturated heterocycles. The fraction of sp³-hybridized carbons (Fsp3) is 0.467. The Bertz CT molecular complexity index is 606. The maximum Gasteiger partial charge on any atom is 0.112 e. The highest BCUT2D eigenvalue weighted by Crippen LogP contribution is 2.28. The summed E-state index contributed by atoms with van der Waals surface area (Å²) < 4.78 is 0.973. The van der Waals surface area contributed by atoms with E-state index >= 15 is 0 Å². The van der Waals surface area contributed by atoms with Crippen molar-refractivity contribution < 1.29 is 0 Å².